The number of sulfonamides is 1. The van der Waals surface area contributed by atoms with E-state index in [9.17, 15) is 13.2 Å². The molecular formula is C15H29N3O3S. The molecule has 2 fully saturated rings. The number of rotatable bonds is 5. The van der Waals surface area contributed by atoms with E-state index < -0.39 is 16.1 Å². The van der Waals surface area contributed by atoms with Gasteiger partial charge in [-0.2, -0.15) is 0 Å². The van der Waals surface area contributed by atoms with Gasteiger partial charge >= 0.3 is 0 Å². The Balaban J connectivity index is 2.06. The van der Waals surface area contributed by atoms with Crippen molar-refractivity contribution < 1.29 is 13.2 Å². The van der Waals surface area contributed by atoms with Gasteiger partial charge in [0.1, 0.15) is 6.04 Å². The SMILES string of the molecule is CC(C)C(NS(C)(=O)=O)C(=O)N1CC(N2CCCC2)CC1C. The van der Waals surface area contributed by atoms with Crippen molar-refractivity contribution >= 4 is 15.9 Å². The topological polar surface area (TPSA) is 69.7 Å². The van der Waals surface area contributed by atoms with Crippen molar-refractivity contribution in [3.63, 3.8) is 0 Å². The van der Waals surface area contributed by atoms with Crippen LogP contribution in [0.5, 0.6) is 0 Å². The molecule has 1 amide bonds. The van der Waals surface area contributed by atoms with Crippen molar-refractivity contribution in [2.45, 2.75) is 58.2 Å². The smallest absolute Gasteiger partial charge is 0.241 e. The second kappa shape index (κ2) is 6.84. The van der Waals surface area contributed by atoms with Gasteiger partial charge in [0.05, 0.1) is 6.26 Å². The molecule has 2 saturated heterocycles. The van der Waals surface area contributed by atoms with Crippen LogP contribution in [0.25, 0.3) is 0 Å². The van der Waals surface area contributed by atoms with Crippen molar-refractivity contribution in [3.05, 3.63) is 0 Å². The Kier molecular flexibility index (Phi) is 5.50. The van der Waals surface area contributed by atoms with Crippen molar-refractivity contribution in [2.75, 3.05) is 25.9 Å². The van der Waals surface area contributed by atoms with Crippen LogP contribution in [-0.4, -0.2) is 68.1 Å². The van der Waals surface area contributed by atoms with Crippen LogP contribution in [0.1, 0.15) is 40.0 Å². The van der Waals surface area contributed by atoms with Crippen molar-refractivity contribution in [1.82, 2.24) is 14.5 Å². The second-order valence-corrected chi connectivity index (χ2v) is 8.86. The van der Waals surface area contributed by atoms with Gasteiger partial charge in [-0.1, -0.05) is 13.8 Å². The van der Waals surface area contributed by atoms with Gasteiger partial charge in [0.25, 0.3) is 0 Å². The summed E-state index contributed by atoms with van der Waals surface area (Å²) in [5.41, 5.74) is 0. The van der Waals surface area contributed by atoms with Crippen LogP contribution in [0, 0.1) is 5.92 Å². The molecule has 0 radical (unpaired) electrons. The van der Waals surface area contributed by atoms with Gasteiger partial charge in [0.2, 0.25) is 15.9 Å². The van der Waals surface area contributed by atoms with Crippen LogP contribution >= 0.6 is 0 Å². The Hall–Kier alpha value is -0.660. The molecule has 2 heterocycles. The maximum atomic E-state index is 12.8. The highest BCUT2D eigenvalue weighted by atomic mass is 32.2. The molecule has 0 spiro atoms. The van der Waals surface area contributed by atoms with Gasteiger partial charge in [0, 0.05) is 18.6 Å². The monoisotopic (exact) mass is 331 g/mol. The number of hydrogen-bond acceptors (Lipinski definition) is 4. The molecular weight excluding hydrogens is 302 g/mol. The summed E-state index contributed by atoms with van der Waals surface area (Å²) in [7, 11) is -3.40. The molecule has 0 bridgehead atoms. The zero-order valence-corrected chi connectivity index (χ0v) is 14.9. The van der Waals surface area contributed by atoms with Crippen LogP contribution in [0.2, 0.25) is 0 Å². The predicted molar refractivity (Wildman–Crippen MR) is 87.0 cm³/mol. The van der Waals surface area contributed by atoms with E-state index in [1.165, 1.54) is 12.8 Å². The van der Waals surface area contributed by atoms with Gasteiger partial charge in [0.15, 0.2) is 0 Å². The molecule has 128 valence electrons. The molecule has 0 aliphatic carbocycles. The van der Waals surface area contributed by atoms with Crippen molar-refractivity contribution in [3.8, 4) is 0 Å². The van der Waals surface area contributed by atoms with Crippen LogP contribution in [0.4, 0.5) is 0 Å². The molecule has 0 aromatic rings. The highest BCUT2D eigenvalue weighted by Gasteiger charge is 2.39. The Labute approximate surface area is 134 Å². The summed E-state index contributed by atoms with van der Waals surface area (Å²) in [6.45, 7) is 8.77. The molecule has 2 aliphatic rings. The molecule has 2 aliphatic heterocycles. The summed E-state index contributed by atoms with van der Waals surface area (Å²) < 4.78 is 25.6. The largest absolute Gasteiger partial charge is 0.337 e. The first-order valence-corrected chi connectivity index (χ1v) is 10.1. The molecule has 1 N–H and O–H groups in total. The number of carbonyl (C=O) groups is 1. The average molecular weight is 331 g/mol. The lowest BCUT2D eigenvalue weighted by Crippen LogP contribution is -2.52. The van der Waals surface area contributed by atoms with Crippen LogP contribution in [-0.2, 0) is 14.8 Å². The van der Waals surface area contributed by atoms with Crippen LogP contribution in [0.15, 0.2) is 0 Å². The highest BCUT2D eigenvalue weighted by Crippen LogP contribution is 2.26. The van der Waals surface area contributed by atoms with E-state index in [1.54, 1.807) is 0 Å². The lowest BCUT2D eigenvalue weighted by Gasteiger charge is -2.29. The van der Waals surface area contributed by atoms with Gasteiger partial charge in [-0.25, -0.2) is 13.1 Å². The number of nitrogens with one attached hydrogen (secondary N) is 1. The van der Waals surface area contributed by atoms with Crippen molar-refractivity contribution in [1.29, 1.82) is 0 Å². The molecule has 22 heavy (non-hydrogen) atoms. The molecule has 0 aromatic carbocycles. The van der Waals surface area contributed by atoms with E-state index in [0.717, 1.165) is 25.8 Å². The molecule has 7 heteroatoms. The second-order valence-electron chi connectivity index (χ2n) is 7.08. The first kappa shape index (κ1) is 17.7. The summed E-state index contributed by atoms with van der Waals surface area (Å²) in [6, 6.07) is -0.0806. The Bertz CT molecular complexity index is 500. The zero-order chi connectivity index (χ0) is 16.5. The number of amides is 1. The Morgan fingerprint density at radius 1 is 1.23 bits per heavy atom. The van der Waals surface area contributed by atoms with E-state index in [4.69, 9.17) is 0 Å². The summed E-state index contributed by atoms with van der Waals surface area (Å²) >= 11 is 0. The van der Waals surface area contributed by atoms with Gasteiger partial charge in [-0.05, 0) is 45.2 Å². The van der Waals surface area contributed by atoms with Crippen LogP contribution in [0.3, 0.4) is 0 Å². The van der Waals surface area contributed by atoms with E-state index in [1.807, 2.05) is 18.7 Å². The van der Waals surface area contributed by atoms with Gasteiger partial charge < -0.3 is 4.90 Å². The third-order valence-electron chi connectivity index (χ3n) is 4.77. The van der Waals surface area contributed by atoms with E-state index in [2.05, 4.69) is 16.5 Å². The van der Waals surface area contributed by atoms with Gasteiger partial charge in [-0.3, -0.25) is 9.69 Å². The Morgan fingerprint density at radius 2 is 1.82 bits per heavy atom. The standard InChI is InChI=1S/C15H29N3O3S/c1-11(2)14(16-22(4,20)21)15(19)18-10-13(9-12(18)3)17-7-5-6-8-17/h11-14,16H,5-10H2,1-4H3. The first-order chi connectivity index (χ1) is 10.2. The minimum absolute atomic E-state index is 0.0692. The van der Waals surface area contributed by atoms with E-state index in [-0.39, 0.29) is 17.9 Å². The zero-order valence-electron chi connectivity index (χ0n) is 14.1. The summed E-state index contributed by atoms with van der Waals surface area (Å²) in [5.74, 6) is -0.158. The third kappa shape index (κ3) is 4.20. The molecule has 0 saturated carbocycles. The maximum absolute atomic E-state index is 12.8. The third-order valence-corrected chi connectivity index (χ3v) is 5.45. The number of nitrogens with zero attached hydrogens (tertiary/aromatic N) is 2. The molecule has 0 aromatic heterocycles. The highest BCUT2D eigenvalue weighted by molar-refractivity contribution is 7.88. The van der Waals surface area contributed by atoms with Gasteiger partial charge in [-0.15, -0.1) is 0 Å². The van der Waals surface area contributed by atoms with Crippen LogP contribution < -0.4 is 4.72 Å². The lowest BCUT2D eigenvalue weighted by atomic mass is 10.0. The Morgan fingerprint density at radius 3 is 2.32 bits per heavy atom. The minimum atomic E-state index is -3.40. The quantitative estimate of drug-likeness (QED) is 0.803. The van der Waals surface area contributed by atoms with E-state index >= 15 is 0 Å². The number of carbonyl (C=O) groups excluding carboxylic acids is 1. The fourth-order valence-electron chi connectivity index (χ4n) is 3.56. The molecule has 3 atom stereocenters. The summed E-state index contributed by atoms with van der Waals surface area (Å²) in [6.07, 6.45) is 4.57. The maximum Gasteiger partial charge on any atom is 0.241 e. The molecule has 6 nitrogen and oxygen atoms in total. The number of hydrogen-bond donors (Lipinski definition) is 1. The predicted octanol–water partition coefficient (Wildman–Crippen LogP) is 0.645. The molecule has 2 rings (SSSR count). The molecule has 3 unspecified atom stereocenters. The first-order valence-electron chi connectivity index (χ1n) is 8.21. The number of likely N-dealkylation sites (tertiary alicyclic amines) is 2. The normalized spacial score (nSPS) is 28.5. The lowest BCUT2D eigenvalue weighted by molar-refractivity contribution is -0.134. The minimum Gasteiger partial charge on any atom is -0.337 e. The fourth-order valence-corrected chi connectivity index (χ4v) is 4.40. The fraction of sp³-hybridized carbons (Fsp3) is 0.933. The summed E-state index contributed by atoms with van der Waals surface area (Å²) in [5, 5.41) is 0. The summed E-state index contributed by atoms with van der Waals surface area (Å²) in [4.78, 5) is 17.2. The van der Waals surface area contributed by atoms with E-state index in [0.29, 0.717) is 12.6 Å². The average Bonchev–Trinajstić information content (AvgIpc) is 3.02. The van der Waals surface area contributed by atoms with Crippen molar-refractivity contribution in [2.24, 2.45) is 5.92 Å².